The van der Waals surface area contributed by atoms with Crippen molar-refractivity contribution in [2.24, 2.45) is 17.0 Å². The third-order valence-electron chi connectivity index (χ3n) is 4.39. The molecule has 0 saturated carbocycles. The third-order valence-corrected chi connectivity index (χ3v) is 4.39. The highest BCUT2D eigenvalue weighted by molar-refractivity contribution is 6.20. The number of halogens is 6. The van der Waals surface area contributed by atoms with Crippen LogP contribution in [0.4, 0.5) is 26.3 Å². The average molecular weight is 426 g/mol. The molecule has 4 rings (SSSR count). The fraction of sp³-hybridized carbons (Fsp3) is 0.211. The van der Waals surface area contributed by atoms with Gasteiger partial charge in [-0.05, 0) is 23.8 Å². The fourth-order valence-electron chi connectivity index (χ4n) is 3.10. The molecule has 30 heavy (non-hydrogen) atoms. The van der Waals surface area contributed by atoms with Crippen LogP contribution in [0.3, 0.4) is 0 Å². The Balaban J connectivity index is 1.67. The zero-order valence-electron chi connectivity index (χ0n) is 15.2. The molecule has 2 aromatic rings. The smallest absolute Gasteiger partial charge is 0.405 e. The lowest BCUT2D eigenvalue weighted by atomic mass is 9.96. The van der Waals surface area contributed by atoms with E-state index in [1.807, 2.05) is 0 Å². The van der Waals surface area contributed by atoms with Crippen molar-refractivity contribution in [2.75, 3.05) is 0 Å². The second kappa shape index (κ2) is 6.85. The predicted molar refractivity (Wildman–Crippen MR) is 96.0 cm³/mol. The summed E-state index contributed by atoms with van der Waals surface area (Å²) < 4.78 is 81.8. The van der Waals surface area contributed by atoms with E-state index < -0.39 is 18.2 Å². The highest BCUT2D eigenvalue weighted by Crippen LogP contribution is 2.36. The summed E-state index contributed by atoms with van der Waals surface area (Å²) >= 11 is 0. The van der Waals surface area contributed by atoms with Crippen molar-refractivity contribution < 1.29 is 31.1 Å². The van der Waals surface area contributed by atoms with E-state index in [-0.39, 0.29) is 29.3 Å². The Morgan fingerprint density at radius 2 is 1.77 bits per heavy atom. The number of ether oxygens (including phenoxy) is 1. The first-order valence-electron chi connectivity index (χ1n) is 8.56. The number of para-hydroxylation sites is 1. The lowest BCUT2D eigenvalue weighted by Gasteiger charge is -2.16. The largest absolute Gasteiger partial charge is 0.573 e. The zero-order valence-corrected chi connectivity index (χ0v) is 15.2. The normalized spacial score (nSPS) is 16.5. The lowest BCUT2D eigenvalue weighted by Crippen LogP contribution is -2.18. The molecule has 0 bridgehead atoms. The van der Waals surface area contributed by atoms with E-state index in [2.05, 4.69) is 19.8 Å². The van der Waals surface area contributed by atoms with Crippen LogP contribution >= 0.6 is 0 Å². The number of amidine groups is 1. The van der Waals surface area contributed by atoms with Crippen LogP contribution in [-0.4, -0.2) is 27.7 Å². The minimum absolute atomic E-state index is 0.0521. The molecule has 0 spiro atoms. The van der Waals surface area contributed by atoms with Gasteiger partial charge in [-0.3, -0.25) is 4.68 Å². The van der Waals surface area contributed by atoms with Gasteiger partial charge in [0.15, 0.2) is 11.5 Å². The number of benzene rings is 1. The Bertz CT molecular complexity index is 1130. The van der Waals surface area contributed by atoms with Crippen LogP contribution in [0.2, 0.25) is 0 Å². The molecule has 5 nitrogen and oxygen atoms in total. The quantitative estimate of drug-likeness (QED) is 0.655. The number of allylic oxidation sites excluding steroid dienone is 4. The SMILES string of the molecule is Cn1nc(C(F)(F)F)cc1C1=NC2=CC(c3ccccc3OC(F)(F)F)=CCC2=N1. The number of aromatic nitrogens is 2. The molecule has 156 valence electrons. The van der Waals surface area contributed by atoms with Gasteiger partial charge in [-0.15, -0.1) is 13.2 Å². The summed E-state index contributed by atoms with van der Waals surface area (Å²) in [7, 11) is 1.35. The van der Waals surface area contributed by atoms with Crippen molar-refractivity contribution in [3.63, 3.8) is 0 Å². The summed E-state index contributed by atoms with van der Waals surface area (Å²) in [6, 6.07) is 6.51. The lowest BCUT2D eigenvalue weighted by molar-refractivity contribution is -0.274. The first-order valence-corrected chi connectivity index (χ1v) is 8.56. The topological polar surface area (TPSA) is 51.8 Å². The number of alkyl halides is 6. The average Bonchev–Trinajstić information content (AvgIpc) is 3.23. The monoisotopic (exact) mass is 426 g/mol. The summed E-state index contributed by atoms with van der Waals surface area (Å²) in [5.41, 5.74) is 0.521. The fourth-order valence-corrected chi connectivity index (χ4v) is 3.10. The van der Waals surface area contributed by atoms with E-state index in [9.17, 15) is 26.3 Å². The van der Waals surface area contributed by atoms with E-state index in [1.165, 1.54) is 31.3 Å². The number of rotatable bonds is 3. The Labute approximate surface area is 165 Å². The van der Waals surface area contributed by atoms with Gasteiger partial charge in [0.2, 0.25) is 0 Å². The van der Waals surface area contributed by atoms with Crippen LogP contribution in [0.5, 0.6) is 5.75 Å². The molecule has 0 unspecified atom stereocenters. The summed E-state index contributed by atoms with van der Waals surface area (Å²) in [4.78, 5) is 8.52. The summed E-state index contributed by atoms with van der Waals surface area (Å²) in [6.45, 7) is 0. The van der Waals surface area contributed by atoms with Crippen molar-refractivity contribution in [1.82, 2.24) is 9.78 Å². The van der Waals surface area contributed by atoms with E-state index in [1.54, 1.807) is 12.1 Å². The van der Waals surface area contributed by atoms with Crippen LogP contribution < -0.4 is 4.74 Å². The number of hydrogen-bond acceptors (Lipinski definition) is 4. The van der Waals surface area contributed by atoms with E-state index >= 15 is 0 Å². The van der Waals surface area contributed by atoms with Crippen LogP contribution in [0, 0.1) is 0 Å². The molecule has 2 heterocycles. The summed E-state index contributed by atoms with van der Waals surface area (Å²) in [5, 5.41) is 3.44. The molecule has 1 aliphatic carbocycles. The van der Waals surface area contributed by atoms with Gasteiger partial charge < -0.3 is 4.74 Å². The molecule has 1 aromatic heterocycles. The Morgan fingerprint density at radius 3 is 2.43 bits per heavy atom. The maximum atomic E-state index is 12.9. The van der Waals surface area contributed by atoms with Gasteiger partial charge in [0.05, 0.1) is 11.4 Å². The van der Waals surface area contributed by atoms with Crippen molar-refractivity contribution in [1.29, 1.82) is 0 Å². The van der Waals surface area contributed by atoms with Gasteiger partial charge in [0.1, 0.15) is 11.4 Å². The maximum Gasteiger partial charge on any atom is 0.573 e. The molecular weight excluding hydrogens is 414 g/mol. The highest BCUT2D eigenvalue weighted by atomic mass is 19.4. The molecule has 0 atom stereocenters. The van der Waals surface area contributed by atoms with Crippen molar-refractivity contribution >= 4 is 17.1 Å². The molecule has 0 saturated heterocycles. The molecule has 1 aliphatic heterocycles. The molecule has 0 N–H and O–H groups in total. The van der Waals surface area contributed by atoms with Gasteiger partial charge in [0, 0.05) is 19.0 Å². The van der Waals surface area contributed by atoms with E-state index in [0.717, 1.165) is 10.7 Å². The first-order chi connectivity index (χ1) is 14.0. The van der Waals surface area contributed by atoms with E-state index in [4.69, 9.17) is 0 Å². The van der Waals surface area contributed by atoms with Crippen LogP contribution in [0.15, 0.2) is 58.2 Å². The van der Waals surface area contributed by atoms with E-state index in [0.29, 0.717) is 17.0 Å². The highest BCUT2D eigenvalue weighted by Gasteiger charge is 2.36. The van der Waals surface area contributed by atoms with Crippen LogP contribution in [0.25, 0.3) is 5.57 Å². The van der Waals surface area contributed by atoms with Crippen LogP contribution in [0.1, 0.15) is 23.4 Å². The van der Waals surface area contributed by atoms with Gasteiger partial charge in [-0.1, -0.05) is 24.3 Å². The molecule has 2 aliphatic rings. The van der Waals surface area contributed by atoms with Gasteiger partial charge in [0.25, 0.3) is 0 Å². The minimum atomic E-state index is -4.85. The Morgan fingerprint density at radius 1 is 1.03 bits per heavy atom. The summed E-state index contributed by atoms with van der Waals surface area (Å²) in [6.07, 6.45) is -6.03. The Kier molecular flexibility index (Phi) is 4.55. The number of fused-ring (bicyclic) bond motifs is 1. The minimum Gasteiger partial charge on any atom is -0.405 e. The standard InChI is InChI=1S/C19H12F6N4O/c1-29-14(9-16(28-29)18(20,21)22)17-26-12-7-6-10(8-13(12)27-17)11-4-2-3-5-15(11)30-19(23,24)25/h2-6,8-9H,7H2,1H3. The third kappa shape index (κ3) is 3.87. The van der Waals surface area contributed by atoms with Crippen molar-refractivity contribution in [2.45, 2.75) is 19.0 Å². The molecule has 0 fully saturated rings. The second-order valence-electron chi connectivity index (χ2n) is 6.47. The molecule has 11 heteroatoms. The zero-order chi connectivity index (χ0) is 21.7. The molecule has 1 aromatic carbocycles. The number of aryl methyl sites for hydroxylation is 1. The Hall–Kier alpha value is -3.37. The number of hydrogen-bond donors (Lipinski definition) is 0. The molecular formula is C19H12F6N4O. The maximum absolute atomic E-state index is 12.9. The van der Waals surface area contributed by atoms with Gasteiger partial charge in [-0.25, -0.2) is 9.98 Å². The second-order valence-corrected chi connectivity index (χ2v) is 6.47. The van der Waals surface area contributed by atoms with Crippen LogP contribution in [-0.2, 0) is 13.2 Å². The van der Waals surface area contributed by atoms with Gasteiger partial charge in [-0.2, -0.15) is 18.3 Å². The summed E-state index contributed by atoms with van der Waals surface area (Å²) in [5.74, 6) is -0.312. The number of nitrogens with zero attached hydrogens (tertiary/aromatic N) is 4. The molecule has 0 amide bonds. The first kappa shape index (κ1) is 19.9. The van der Waals surface area contributed by atoms with Gasteiger partial charge >= 0.3 is 12.5 Å². The van der Waals surface area contributed by atoms with Crippen molar-refractivity contribution in [3.8, 4) is 5.75 Å². The molecule has 0 radical (unpaired) electrons. The number of aliphatic imine (C=N–C) groups is 2. The predicted octanol–water partition coefficient (Wildman–Crippen LogP) is 4.91. The van der Waals surface area contributed by atoms with Crippen molar-refractivity contribution in [3.05, 3.63) is 65.1 Å².